The minimum Gasteiger partial charge on any atom is -0.381 e. The summed E-state index contributed by atoms with van der Waals surface area (Å²) in [6, 6.07) is 0. The van der Waals surface area contributed by atoms with Crippen LogP contribution in [0.2, 0.25) is 0 Å². The fourth-order valence-electron chi connectivity index (χ4n) is 1.35. The van der Waals surface area contributed by atoms with Gasteiger partial charge < -0.3 is 10.1 Å². The molecule has 0 amide bonds. The first-order chi connectivity index (χ1) is 8.93. The molecule has 0 aliphatic rings. The van der Waals surface area contributed by atoms with Crippen LogP contribution in [0.4, 0.5) is 23.2 Å². The molecule has 0 radical (unpaired) electrons. The average Bonchev–Trinajstić information content (AvgIpc) is 2.34. The van der Waals surface area contributed by atoms with Crippen molar-refractivity contribution in [3.63, 3.8) is 0 Å². The molecule has 3 nitrogen and oxygen atoms in total. The Morgan fingerprint density at radius 3 is 2.21 bits per heavy atom. The van der Waals surface area contributed by atoms with Gasteiger partial charge in [0.25, 0.3) is 11.9 Å². The van der Waals surface area contributed by atoms with Crippen LogP contribution in [0.25, 0.3) is 0 Å². The number of anilines is 1. The zero-order chi connectivity index (χ0) is 14.4. The molecule has 0 aliphatic heterocycles. The number of halogens is 4. The van der Waals surface area contributed by atoms with Gasteiger partial charge in [0.05, 0.1) is 0 Å². The predicted octanol–water partition coefficient (Wildman–Crippen LogP) is 3.11. The lowest BCUT2D eigenvalue weighted by atomic mass is 10.2. The SMILES string of the molecule is CC(C)COCCCNc1c(F)c(F)nc(F)c1F. The fourth-order valence-corrected chi connectivity index (χ4v) is 1.35. The van der Waals surface area contributed by atoms with E-state index in [0.29, 0.717) is 25.6 Å². The monoisotopic (exact) mass is 280 g/mol. The maximum Gasteiger partial charge on any atom is 0.253 e. The largest absolute Gasteiger partial charge is 0.381 e. The highest BCUT2D eigenvalue weighted by atomic mass is 19.2. The van der Waals surface area contributed by atoms with Crippen molar-refractivity contribution in [2.24, 2.45) is 5.92 Å². The van der Waals surface area contributed by atoms with Gasteiger partial charge in [0.15, 0.2) is 0 Å². The maximum absolute atomic E-state index is 13.2. The van der Waals surface area contributed by atoms with E-state index in [4.69, 9.17) is 4.74 Å². The first-order valence-corrected chi connectivity index (χ1v) is 5.95. The summed E-state index contributed by atoms with van der Waals surface area (Å²) < 4.78 is 57.2. The molecule has 0 fully saturated rings. The third-order valence-corrected chi connectivity index (χ3v) is 2.22. The Hall–Kier alpha value is -1.37. The molecule has 0 spiro atoms. The van der Waals surface area contributed by atoms with E-state index in [0.717, 1.165) is 0 Å². The summed E-state index contributed by atoms with van der Waals surface area (Å²) in [5.41, 5.74) is -0.839. The molecule has 1 heterocycles. The number of nitrogens with zero attached hydrogens (tertiary/aromatic N) is 1. The Labute approximate surface area is 109 Å². The molecule has 1 rings (SSSR count). The van der Waals surface area contributed by atoms with Crippen LogP contribution >= 0.6 is 0 Å². The topological polar surface area (TPSA) is 34.1 Å². The highest BCUT2D eigenvalue weighted by molar-refractivity contribution is 5.45. The van der Waals surface area contributed by atoms with Crippen LogP contribution < -0.4 is 5.32 Å². The standard InChI is InChI=1S/C12H16F4N2O/c1-7(2)6-19-5-3-4-17-10-8(13)11(15)18-12(16)9(10)14/h7H,3-6H2,1-2H3,(H,17,18). The van der Waals surface area contributed by atoms with Crippen molar-refractivity contribution in [2.75, 3.05) is 25.1 Å². The Balaban J connectivity index is 2.45. The Morgan fingerprint density at radius 2 is 1.68 bits per heavy atom. The van der Waals surface area contributed by atoms with Crippen LogP contribution in [0.15, 0.2) is 0 Å². The van der Waals surface area contributed by atoms with Crippen molar-refractivity contribution in [2.45, 2.75) is 20.3 Å². The highest BCUT2D eigenvalue weighted by Crippen LogP contribution is 2.21. The van der Waals surface area contributed by atoms with Crippen molar-refractivity contribution in [3.05, 3.63) is 23.5 Å². The van der Waals surface area contributed by atoms with Crippen molar-refractivity contribution < 1.29 is 22.3 Å². The molecule has 7 heteroatoms. The number of pyridine rings is 1. The third-order valence-electron chi connectivity index (χ3n) is 2.22. The van der Waals surface area contributed by atoms with Gasteiger partial charge in [-0.05, 0) is 12.3 Å². The zero-order valence-electron chi connectivity index (χ0n) is 10.8. The summed E-state index contributed by atoms with van der Waals surface area (Å²) in [6.07, 6.45) is 0.456. The van der Waals surface area contributed by atoms with Crippen LogP contribution in [-0.2, 0) is 4.74 Å². The quantitative estimate of drug-likeness (QED) is 0.473. The molecule has 1 N–H and O–H groups in total. The molecular formula is C12H16F4N2O. The highest BCUT2D eigenvalue weighted by Gasteiger charge is 2.20. The van der Waals surface area contributed by atoms with Gasteiger partial charge in [0.2, 0.25) is 11.6 Å². The molecule has 0 saturated heterocycles. The second-order valence-corrected chi connectivity index (χ2v) is 4.45. The molecule has 0 unspecified atom stereocenters. The lowest BCUT2D eigenvalue weighted by molar-refractivity contribution is 0.110. The minimum atomic E-state index is -1.67. The molecule has 19 heavy (non-hydrogen) atoms. The maximum atomic E-state index is 13.2. The molecule has 0 saturated carbocycles. The van der Waals surface area contributed by atoms with Gasteiger partial charge in [-0.15, -0.1) is 0 Å². The Bertz CT molecular complexity index is 400. The van der Waals surface area contributed by atoms with Gasteiger partial charge in [0, 0.05) is 19.8 Å². The number of hydrogen-bond donors (Lipinski definition) is 1. The summed E-state index contributed by atoms with van der Waals surface area (Å²) in [5, 5.41) is 2.30. The van der Waals surface area contributed by atoms with E-state index in [1.807, 2.05) is 13.8 Å². The van der Waals surface area contributed by atoms with Gasteiger partial charge in [-0.3, -0.25) is 0 Å². The Kier molecular flexibility index (Phi) is 6.01. The lowest BCUT2D eigenvalue weighted by Gasteiger charge is -2.10. The van der Waals surface area contributed by atoms with Gasteiger partial charge in [-0.2, -0.15) is 22.5 Å². The zero-order valence-corrected chi connectivity index (χ0v) is 10.8. The van der Waals surface area contributed by atoms with E-state index in [9.17, 15) is 17.6 Å². The van der Waals surface area contributed by atoms with Crippen molar-refractivity contribution >= 4 is 5.69 Å². The molecule has 0 aliphatic carbocycles. The van der Waals surface area contributed by atoms with Gasteiger partial charge in [-0.25, -0.2) is 0 Å². The average molecular weight is 280 g/mol. The normalized spacial score (nSPS) is 11.1. The molecule has 0 bridgehead atoms. The number of ether oxygens (including phenoxy) is 1. The van der Waals surface area contributed by atoms with Gasteiger partial charge in [0.1, 0.15) is 5.69 Å². The number of aromatic nitrogens is 1. The van der Waals surface area contributed by atoms with E-state index < -0.39 is 29.2 Å². The summed E-state index contributed by atoms with van der Waals surface area (Å²) in [5.74, 6) is -6.00. The van der Waals surface area contributed by atoms with E-state index >= 15 is 0 Å². The summed E-state index contributed by atoms with van der Waals surface area (Å²) >= 11 is 0. The van der Waals surface area contributed by atoms with E-state index in [2.05, 4.69) is 10.3 Å². The van der Waals surface area contributed by atoms with Crippen LogP contribution in [0.1, 0.15) is 20.3 Å². The predicted molar refractivity (Wildman–Crippen MR) is 62.8 cm³/mol. The lowest BCUT2D eigenvalue weighted by Crippen LogP contribution is -2.12. The molecule has 0 aromatic carbocycles. The molecular weight excluding hydrogens is 264 g/mol. The van der Waals surface area contributed by atoms with Crippen molar-refractivity contribution in [1.29, 1.82) is 0 Å². The number of nitrogens with one attached hydrogen (secondary N) is 1. The molecule has 108 valence electrons. The number of hydrogen-bond acceptors (Lipinski definition) is 3. The first kappa shape index (κ1) is 15.7. The van der Waals surface area contributed by atoms with Gasteiger partial charge in [-0.1, -0.05) is 13.8 Å². The fraction of sp³-hybridized carbons (Fsp3) is 0.583. The van der Waals surface area contributed by atoms with Crippen molar-refractivity contribution in [1.82, 2.24) is 4.98 Å². The first-order valence-electron chi connectivity index (χ1n) is 5.95. The van der Waals surface area contributed by atoms with E-state index in [1.54, 1.807) is 0 Å². The van der Waals surface area contributed by atoms with Gasteiger partial charge >= 0.3 is 0 Å². The third kappa shape index (κ3) is 4.66. The summed E-state index contributed by atoms with van der Waals surface area (Å²) in [4.78, 5) is 2.46. The van der Waals surface area contributed by atoms with Crippen LogP contribution in [-0.4, -0.2) is 24.7 Å². The number of rotatable bonds is 7. The minimum absolute atomic E-state index is 0.134. The van der Waals surface area contributed by atoms with Crippen LogP contribution in [0.5, 0.6) is 0 Å². The van der Waals surface area contributed by atoms with Crippen LogP contribution in [0, 0.1) is 29.4 Å². The summed E-state index contributed by atoms with van der Waals surface area (Å²) in [7, 11) is 0. The van der Waals surface area contributed by atoms with Crippen molar-refractivity contribution in [3.8, 4) is 0 Å². The second-order valence-electron chi connectivity index (χ2n) is 4.45. The molecule has 1 aromatic rings. The molecule has 1 aromatic heterocycles. The second kappa shape index (κ2) is 7.28. The van der Waals surface area contributed by atoms with Crippen LogP contribution in [0.3, 0.4) is 0 Å². The summed E-state index contributed by atoms with van der Waals surface area (Å²) in [6.45, 7) is 5.09. The van der Waals surface area contributed by atoms with E-state index in [1.165, 1.54) is 0 Å². The smallest absolute Gasteiger partial charge is 0.253 e. The Morgan fingerprint density at radius 1 is 1.11 bits per heavy atom. The van der Waals surface area contributed by atoms with E-state index in [-0.39, 0.29) is 6.54 Å². The molecule has 0 atom stereocenters.